The predicted octanol–water partition coefficient (Wildman–Crippen LogP) is 3.72. The minimum atomic E-state index is -0.522. The van der Waals surface area contributed by atoms with Crippen molar-refractivity contribution in [2.45, 2.75) is 51.2 Å². The van der Waals surface area contributed by atoms with Crippen LogP contribution < -0.4 is 5.32 Å². The lowest BCUT2D eigenvalue weighted by Crippen LogP contribution is -2.47. The Hall–Kier alpha value is -2.01. The van der Waals surface area contributed by atoms with Crippen LogP contribution >= 0.6 is 0 Å². The van der Waals surface area contributed by atoms with Crippen LogP contribution in [0.1, 0.15) is 39.0 Å². The Kier molecular flexibility index (Phi) is 4.86. The number of nitrogens with zero attached hydrogens (tertiary/aromatic N) is 1. The minimum absolute atomic E-state index is 0.119. The number of aromatic nitrogens is 1. The highest BCUT2D eigenvalue weighted by Crippen LogP contribution is 2.26. The number of benzene rings is 1. The van der Waals surface area contributed by atoms with Gasteiger partial charge in [0, 0.05) is 29.7 Å². The molecular formula is C18H25N3O2. The number of hydrogen-bond donors (Lipinski definition) is 3. The van der Waals surface area contributed by atoms with Gasteiger partial charge in [-0.3, -0.25) is 0 Å². The average molecular weight is 315 g/mol. The second-order valence-corrected chi connectivity index (χ2v) is 6.47. The lowest BCUT2D eigenvalue weighted by atomic mass is 9.94. The number of rotatable bonds is 4. The zero-order valence-electron chi connectivity index (χ0n) is 13.6. The van der Waals surface area contributed by atoms with Crippen molar-refractivity contribution in [3.05, 3.63) is 30.5 Å². The highest BCUT2D eigenvalue weighted by Gasteiger charge is 2.26. The molecule has 0 spiro atoms. The van der Waals surface area contributed by atoms with E-state index in [0.717, 1.165) is 42.3 Å². The van der Waals surface area contributed by atoms with Crippen molar-refractivity contribution < 1.29 is 9.90 Å². The van der Waals surface area contributed by atoms with E-state index < -0.39 is 6.10 Å². The zero-order chi connectivity index (χ0) is 16.2. The van der Waals surface area contributed by atoms with Crippen LogP contribution in [0.2, 0.25) is 0 Å². The van der Waals surface area contributed by atoms with Gasteiger partial charge < -0.3 is 20.3 Å². The summed E-state index contributed by atoms with van der Waals surface area (Å²) in [5, 5.41) is 13.8. The van der Waals surface area contributed by atoms with Crippen molar-refractivity contribution in [2.24, 2.45) is 0 Å². The average Bonchev–Trinajstić information content (AvgIpc) is 3.03. The Labute approximate surface area is 136 Å². The number of urea groups is 1. The number of aromatic amines is 1. The number of aliphatic hydroxyl groups is 1. The van der Waals surface area contributed by atoms with E-state index in [1.807, 2.05) is 35.4 Å². The van der Waals surface area contributed by atoms with Gasteiger partial charge in [-0.15, -0.1) is 0 Å². The number of hydrogen-bond acceptors (Lipinski definition) is 2. The Bertz CT molecular complexity index is 659. The minimum Gasteiger partial charge on any atom is -0.392 e. The summed E-state index contributed by atoms with van der Waals surface area (Å²) in [7, 11) is 0. The third kappa shape index (κ3) is 3.67. The first kappa shape index (κ1) is 15.9. The van der Waals surface area contributed by atoms with E-state index >= 15 is 0 Å². The molecule has 2 aromatic rings. The zero-order valence-corrected chi connectivity index (χ0v) is 13.6. The standard InChI is InChI=1S/C18H25N3O2/c1-13(22)12-21(14-6-3-2-4-7-14)18(23)20-17-9-5-8-16-15(17)10-11-19-16/h5,8-11,13-14,19,22H,2-4,6-7,12H2,1H3,(H,20,23). The first-order chi connectivity index (χ1) is 11.1. The number of fused-ring (bicyclic) bond motifs is 1. The molecule has 1 unspecified atom stereocenters. The number of anilines is 1. The van der Waals surface area contributed by atoms with Gasteiger partial charge in [0.05, 0.1) is 11.8 Å². The topological polar surface area (TPSA) is 68.4 Å². The fourth-order valence-corrected chi connectivity index (χ4v) is 3.46. The molecule has 5 nitrogen and oxygen atoms in total. The van der Waals surface area contributed by atoms with Crippen molar-refractivity contribution in [3.63, 3.8) is 0 Å². The maximum absolute atomic E-state index is 12.8. The Balaban J connectivity index is 1.78. The van der Waals surface area contributed by atoms with Crippen LogP contribution in [0.5, 0.6) is 0 Å². The number of amides is 2. The molecule has 23 heavy (non-hydrogen) atoms. The van der Waals surface area contributed by atoms with Gasteiger partial charge in [0.15, 0.2) is 0 Å². The molecule has 124 valence electrons. The molecule has 1 saturated carbocycles. The summed E-state index contributed by atoms with van der Waals surface area (Å²) in [4.78, 5) is 17.8. The van der Waals surface area contributed by atoms with Crippen molar-refractivity contribution in [3.8, 4) is 0 Å². The molecule has 1 heterocycles. The largest absolute Gasteiger partial charge is 0.392 e. The van der Waals surface area contributed by atoms with Gasteiger partial charge in [-0.05, 0) is 38.0 Å². The predicted molar refractivity (Wildman–Crippen MR) is 92.6 cm³/mol. The third-order valence-corrected chi connectivity index (χ3v) is 4.57. The summed E-state index contributed by atoms with van der Waals surface area (Å²) in [5.74, 6) is 0. The summed E-state index contributed by atoms with van der Waals surface area (Å²) < 4.78 is 0. The Morgan fingerprint density at radius 3 is 2.87 bits per heavy atom. The molecule has 2 amide bonds. The van der Waals surface area contributed by atoms with Crippen LogP contribution in [0.25, 0.3) is 10.9 Å². The van der Waals surface area contributed by atoms with E-state index in [4.69, 9.17) is 0 Å². The maximum atomic E-state index is 12.8. The van der Waals surface area contributed by atoms with Crippen LogP contribution in [-0.4, -0.2) is 39.7 Å². The summed E-state index contributed by atoms with van der Waals surface area (Å²) in [6.07, 6.45) is 6.94. The molecule has 3 N–H and O–H groups in total. The van der Waals surface area contributed by atoms with Crippen LogP contribution in [-0.2, 0) is 0 Å². The fraction of sp³-hybridized carbons (Fsp3) is 0.500. The van der Waals surface area contributed by atoms with E-state index in [0.29, 0.717) is 6.54 Å². The van der Waals surface area contributed by atoms with Crippen LogP contribution in [0, 0.1) is 0 Å². The summed E-state index contributed by atoms with van der Waals surface area (Å²) in [6.45, 7) is 2.11. The van der Waals surface area contributed by atoms with E-state index in [2.05, 4.69) is 10.3 Å². The van der Waals surface area contributed by atoms with Crippen LogP contribution in [0.3, 0.4) is 0 Å². The molecule has 1 aromatic carbocycles. The Morgan fingerprint density at radius 2 is 2.13 bits per heavy atom. The van der Waals surface area contributed by atoms with Gasteiger partial charge in [-0.25, -0.2) is 4.79 Å². The van der Waals surface area contributed by atoms with Crippen molar-refractivity contribution >= 4 is 22.6 Å². The molecule has 0 bridgehead atoms. The van der Waals surface area contributed by atoms with Gasteiger partial charge in [0.1, 0.15) is 0 Å². The molecule has 1 aliphatic rings. The van der Waals surface area contributed by atoms with Gasteiger partial charge >= 0.3 is 6.03 Å². The molecule has 1 aliphatic carbocycles. The lowest BCUT2D eigenvalue weighted by molar-refractivity contribution is 0.105. The maximum Gasteiger partial charge on any atom is 0.322 e. The first-order valence-electron chi connectivity index (χ1n) is 8.47. The quantitative estimate of drug-likeness (QED) is 0.805. The van der Waals surface area contributed by atoms with Crippen molar-refractivity contribution in [1.82, 2.24) is 9.88 Å². The number of nitrogens with one attached hydrogen (secondary N) is 2. The number of carbonyl (C=O) groups is 1. The monoisotopic (exact) mass is 315 g/mol. The fourth-order valence-electron chi connectivity index (χ4n) is 3.46. The lowest BCUT2D eigenvalue weighted by Gasteiger charge is -2.35. The normalized spacial score (nSPS) is 17.1. The van der Waals surface area contributed by atoms with Gasteiger partial charge in [0.2, 0.25) is 0 Å². The molecule has 0 aliphatic heterocycles. The summed E-state index contributed by atoms with van der Waals surface area (Å²) >= 11 is 0. The SMILES string of the molecule is CC(O)CN(C(=O)Nc1cccc2[nH]ccc12)C1CCCCC1. The number of H-pyrrole nitrogens is 1. The smallest absolute Gasteiger partial charge is 0.322 e. The third-order valence-electron chi connectivity index (χ3n) is 4.57. The molecule has 3 rings (SSSR count). The molecular weight excluding hydrogens is 290 g/mol. The molecule has 1 aromatic heterocycles. The van der Waals surface area contributed by atoms with Crippen molar-refractivity contribution in [1.29, 1.82) is 0 Å². The van der Waals surface area contributed by atoms with E-state index in [1.54, 1.807) is 6.92 Å². The summed E-state index contributed by atoms with van der Waals surface area (Å²) in [5.41, 5.74) is 1.81. The molecule has 0 radical (unpaired) electrons. The van der Waals surface area contributed by atoms with E-state index in [9.17, 15) is 9.90 Å². The second kappa shape index (κ2) is 7.04. The van der Waals surface area contributed by atoms with Gasteiger partial charge in [-0.1, -0.05) is 25.3 Å². The van der Waals surface area contributed by atoms with Crippen molar-refractivity contribution in [2.75, 3.05) is 11.9 Å². The van der Waals surface area contributed by atoms with E-state index in [-0.39, 0.29) is 12.1 Å². The second-order valence-electron chi connectivity index (χ2n) is 6.47. The molecule has 0 saturated heterocycles. The van der Waals surface area contributed by atoms with Crippen LogP contribution in [0.15, 0.2) is 30.5 Å². The van der Waals surface area contributed by atoms with Gasteiger partial charge in [0.25, 0.3) is 0 Å². The van der Waals surface area contributed by atoms with E-state index in [1.165, 1.54) is 6.42 Å². The first-order valence-corrected chi connectivity index (χ1v) is 8.47. The summed E-state index contributed by atoms with van der Waals surface area (Å²) in [6, 6.07) is 7.89. The number of aliphatic hydroxyl groups excluding tert-OH is 1. The Morgan fingerprint density at radius 1 is 1.35 bits per heavy atom. The van der Waals surface area contributed by atoms with Gasteiger partial charge in [-0.2, -0.15) is 0 Å². The highest BCUT2D eigenvalue weighted by molar-refractivity contribution is 6.00. The number of carbonyl (C=O) groups excluding carboxylic acids is 1. The molecule has 5 heteroatoms. The molecule has 1 atom stereocenters. The molecule has 1 fully saturated rings. The van der Waals surface area contributed by atoms with Crippen LogP contribution in [0.4, 0.5) is 10.5 Å². The highest BCUT2D eigenvalue weighted by atomic mass is 16.3.